The van der Waals surface area contributed by atoms with Gasteiger partial charge in [-0.15, -0.1) is 0 Å². The van der Waals surface area contributed by atoms with Crippen LogP contribution >= 0.6 is 0 Å². The largest absolute Gasteiger partial charge is 0.428 e. The van der Waals surface area contributed by atoms with Crippen LogP contribution in [0.3, 0.4) is 0 Å². The summed E-state index contributed by atoms with van der Waals surface area (Å²) in [6.07, 6.45) is 0. The van der Waals surface area contributed by atoms with Gasteiger partial charge in [-0.1, -0.05) is 26.0 Å². The van der Waals surface area contributed by atoms with Crippen LogP contribution < -0.4 is 0 Å². The van der Waals surface area contributed by atoms with E-state index < -0.39 is 11.9 Å². The Balaban J connectivity index is 1.74. The zero-order valence-electron chi connectivity index (χ0n) is 17.3. The van der Waals surface area contributed by atoms with Crippen molar-refractivity contribution in [2.45, 2.75) is 20.4 Å². The molecule has 1 aliphatic rings. The van der Waals surface area contributed by atoms with Gasteiger partial charge in [0.1, 0.15) is 0 Å². The number of carbonyl (C=O) groups is 2. The minimum absolute atomic E-state index is 0.0590. The highest BCUT2D eigenvalue weighted by atomic mass is 16.7. The van der Waals surface area contributed by atoms with Gasteiger partial charge in [0.2, 0.25) is 6.79 Å². The minimum atomic E-state index is -0.504. The number of carbonyl (C=O) groups excluding carboxylic acids is 2. The molecular weight excluding hydrogens is 376 g/mol. The molecule has 0 atom stereocenters. The Labute approximate surface area is 172 Å². The molecule has 0 amide bonds. The first-order chi connectivity index (χ1) is 14.0. The molecule has 0 aliphatic carbocycles. The molecule has 2 rings (SSSR count). The molecule has 1 aromatic rings. The number of rotatable bonds is 11. The molecule has 0 unspecified atom stereocenters. The summed E-state index contributed by atoms with van der Waals surface area (Å²) in [4.78, 5) is 28.3. The smallest absolute Gasteiger partial charge is 0.341 e. The topological polar surface area (TPSA) is 88.5 Å². The number of hydrogen-bond donors (Lipinski definition) is 1. The summed E-state index contributed by atoms with van der Waals surface area (Å²) >= 11 is 0. The number of benzene rings is 1. The van der Waals surface area contributed by atoms with Gasteiger partial charge < -0.3 is 19.3 Å². The summed E-state index contributed by atoms with van der Waals surface area (Å²) in [5, 5.41) is 8.72. The Morgan fingerprint density at radius 3 is 2.48 bits per heavy atom. The van der Waals surface area contributed by atoms with E-state index in [2.05, 4.69) is 9.80 Å². The Hall–Kier alpha value is -2.00. The average Bonchev–Trinajstić information content (AvgIpc) is 2.72. The molecule has 0 aromatic heterocycles. The molecule has 1 aliphatic heterocycles. The molecule has 0 radical (unpaired) electrons. The predicted molar refractivity (Wildman–Crippen MR) is 107 cm³/mol. The zero-order valence-corrected chi connectivity index (χ0v) is 17.3. The van der Waals surface area contributed by atoms with Gasteiger partial charge >= 0.3 is 11.9 Å². The molecule has 1 aromatic carbocycles. The molecule has 1 heterocycles. The lowest BCUT2D eigenvalue weighted by Crippen LogP contribution is -2.46. The lowest BCUT2D eigenvalue weighted by Gasteiger charge is -2.34. The fraction of sp³-hybridized carbons (Fsp3) is 0.619. The van der Waals surface area contributed by atoms with Crippen molar-refractivity contribution in [3.63, 3.8) is 0 Å². The standard InChI is InChI=1S/C21H32N2O6/c1-17(2)20(25)28-16-29-21(26)19-5-3-4-18(14-19)15-23-8-6-22(7-9-23)10-12-27-13-11-24/h3-5,14,17,24H,6-13,15-16H2,1-2H3. The maximum atomic E-state index is 12.2. The lowest BCUT2D eigenvalue weighted by atomic mass is 10.1. The summed E-state index contributed by atoms with van der Waals surface area (Å²) in [7, 11) is 0. The van der Waals surface area contributed by atoms with Gasteiger partial charge in [0, 0.05) is 39.3 Å². The first-order valence-corrected chi connectivity index (χ1v) is 10.1. The second-order valence-electron chi connectivity index (χ2n) is 7.32. The van der Waals surface area contributed by atoms with Crippen molar-refractivity contribution in [3.05, 3.63) is 35.4 Å². The first kappa shape index (κ1) is 23.3. The monoisotopic (exact) mass is 408 g/mol. The third kappa shape index (κ3) is 8.49. The summed E-state index contributed by atoms with van der Waals surface area (Å²) in [6.45, 7) is 9.60. The number of esters is 2. The molecule has 8 nitrogen and oxygen atoms in total. The van der Waals surface area contributed by atoms with Gasteiger partial charge in [0.05, 0.1) is 31.3 Å². The van der Waals surface area contributed by atoms with Crippen molar-refractivity contribution in [1.82, 2.24) is 9.80 Å². The van der Waals surface area contributed by atoms with Crippen LogP contribution in [0.25, 0.3) is 0 Å². The van der Waals surface area contributed by atoms with E-state index in [1.807, 2.05) is 18.2 Å². The average molecular weight is 408 g/mol. The van der Waals surface area contributed by atoms with E-state index in [1.54, 1.807) is 19.9 Å². The third-order valence-corrected chi connectivity index (χ3v) is 4.68. The Morgan fingerprint density at radius 1 is 1.07 bits per heavy atom. The van der Waals surface area contributed by atoms with Gasteiger partial charge in [0.15, 0.2) is 0 Å². The fourth-order valence-electron chi connectivity index (χ4n) is 2.98. The zero-order chi connectivity index (χ0) is 21.1. The van der Waals surface area contributed by atoms with Crippen molar-refractivity contribution in [2.75, 3.05) is 59.3 Å². The second kappa shape index (κ2) is 12.5. The number of piperazine rings is 1. The normalized spacial score (nSPS) is 15.4. The van der Waals surface area contributed by atoms with Crippen molar-refractivity contribution in [2.24, 2.45) is 5.92 Å². The van der Waals surface area contributed by atoms with E-state index in [0.717, 1.165) is 44.8 Å². The number of ether oxygens (including phenoxy) is 3. The van der Waals surface area contributed by atoms with Crippen LogP contribution in [0.4, 0.5) is 0 Å². The Kier molecular flexibility index (Phi) is 10.1. The predicted octanol–water partition coefficient (Wildman–Crippen LogP) is 1.13. The van der Waals surface area contributed by atoms with Crippen molar-refractivity contribution < 1.29 is 28.9 Å². The molecule has 1 N–H and O–H groups in total. The molecule has 1 saturated heterocycles. The van der Waals surface area contributed by atoms with Gasteiger partial charge in [-0.25, -0.2) is 4.79 Å². The van der Waals surface area contributed by atoms with Crippen molar-refractivity contribution >= 4 is 11.9 Å². The van der Waals surface area contributed by atoms with E-state index in [1.165, 1.54) is 0 Å². The van der Waals surface area contributed by atoms with E-state index >= 15 is 0 Å². The van der Waals surface area contributed by atoms with Gasteiger partial charge in [-0.05, 0) is 17.7 Å². The van der Waals surface area contributed by atoms with Crippen molar-refractivity contribution in [1.29, 1.82) is 0 Å². The van der Waals surface area contributed by atoms with E-state index in [0.29, 0.717) is 18.8 Å². The summed E-state index contributed by atoms with van der Waals surface area (Å²) < 4.78 is 15.2. The molecule has 162 valence electrons. The van der Waals surface area contributed by atoms with Crippen LogP contribution in [-0.2, 0) is 25.5 Å². The minimum Gasteiger partial charge on any atom is -0.428 e. The number of aliphatic hydroxyl groups is 1. The van der Waals surface area contributed by atoms with E-state index in [-0.39, 0.29) is 19.3 Å². The highest BCUT2D eigenvalue weighted by Gasteiger charge is 2.17. The first-order valence-electron chi connectivity index (χ1n) is 10.1. The van der Waals surface area contributed by atoms with E-state index in [4.69, 9.17) is 19.3 Å². The highest BCUT2D eigenvalue weighted by Crippen LogP contribution is 2.12. The molecule has 0 bridgehead atoms. The third-order valence-electron chi connectivity index (χ3n) is 4.68. The maximum Gasteiger partial charge on any atom is 0.341 e. The molecule has 0 saturated carbocycles. The van der Waals surface area contributed by atoms with Gasteiger partial charge in [-0.3, -0.25) is 14.6 Å². The number of hydrogen-bond acceptors (Lipinski definition) is 8. The van der Waals surface area contributed by atoms with E-state index in [9.17, 15) is 9.59 Å². The Bertz CT molecular complexity index is 644. The van der Waals surface area contributed by atoms with Crippen LogP contribution in [0.5, 0.6) is 0 Å². The van der Waals surface area contributed by atoms with Crippen LogP contribution in [0, 0.1) is 5.92 Å². The lowest BCUT2D eigenvalue weighted by molar-refractivity contribution is -0.155. The molecular formula is C21H32N2O6. The quantitative estimate of drug-likeness (QED) is 0.331. The summed E-state index contributed by atoms with van der Waals surface area (Å²) in [5.74, 6) is -1.16. The Morgan fingerprint density at radius 2 is 1.79 bits per heavy atom. The number of aliphatic hydroxyl groups excluding tert-OH is 1. The van der Waals surface area contributed by atoms with Gasteiger partial charge in [0.25, 0.3) is 0 Å². The molecule has 1 fully saturated rings. The molecule has 8 heteroatoms. The second-order valence-corrected chi connectivity index (χ2v) is 7.32. The van der Waals surface area contributed by atoms with Crippen LogP contribution in [0.2, 0.25) is 0 Å². The summed E-state index contributed by atoms with van der Waals surface area (Å²) in [6, 6.07) is 7.34. The summed E-state index contributed by atoms with van der Waals surface area (Å²) in [5.41, 5.74) is 1.49. The van der Waals surface area contributed by atoms with Crippen LogP contribution in [0.15, 0.2) is 24.3 Å². The maximum absolute atomic E-state index is 12.2. The highest BCUT2D eigenvalue weighted by molar-refractivity contribution is 5.89. The van der Waals surface area contributed by atoms with Crippen LogP contribution in [0.1, 0.15) is 29.8 Å². The number of nitrogens with zero attached hydrogens (tertiary/aromatic N) is 2. The SMILES string of the molecule is CC(C)C(=O)OCOC(=O)c1cccc(CN2CCN(CCOCCO)CC2)c1. The molecule has 0 spiro atoms. The van der Waals surface area contributed by atoms with Crippen molar-refractivity contribution in [3.8, 4) is 0 Å². The van der Waals surface area contributed by atoms with Crippen LogP contribution in [-0.4, -0.2) is 86.2 Å². The van der Waals surface area contributed by atoms with Gasteiger partial charge in [-0.2, -0.15) is 0 Å². The molecule has 29 heavy (non-hydrogen) atoms. The fourth-order valence-corrected chi connectivity index (χ4v) is 2.98.